The van der Waals surface area contributed by atoms with Crippen LogP contribution in [0, 0.1) is 0 Å². The molecule has 1 aliphatic rings. The Hall–Kier alpha value is -3.10. The quantitative estimate of drug-likeness (QED) is 0.520. The van der Waals surface area contributed by atoms with E-state index in [1.54, 1.807) is 18.2 Å². The molecule has 4 N–H and O–H groups in total. The van der Waals surface area contributed by atoms with Crippen LogP contribution in [0.3, 0.4) is 0 Å². The van der Waals surface area contributed by atoms with Crippen molar-refractivity contribution >= 4 is 29.4 Å². The number of imide groups is 1. The van der Waals surface area contributed by atoms with E-state index in [2.05, 4.69) is 10.6 Å². The van der Waals surface area contributed by atoms with Gasteiger partial charge in [0.2, 0.25) is 5.91 Å². The van der Waals surface area contributed by atoms with Gasteiger partial charge in [-0.15, -0.1) is 0 Å². The maximum absolute atomic E-state index is 12.8. The number of nitrogens with one attached hydrogen (secondary N) is 2. The molecule has 0 saturated carbocycles. The van der Waals surface area contributed by atoms with Gasteiger partial charge in [0.25, 0.3) is 11.8 Å². The first-order chi connectivity index (χ1) is 13.3. The van der Waals surface area contributed by atoms with Gasteiger partial charge in [-0.3, -0.25) is 19.3 Å². The van der Waals surface area contributed by atoms with Crippen LogP contribution < -0.4 is 21.1 Å². The lowest BCUT2D eigenvalue weighted by Crippen LogP contribution is -2.47. The van der Waals surface area contributed by atoms with Crippen LogP contribution in [0.5, 0.6) is 5.75 Å². The zero-order chi connectivity index (χ0) is 20.7. The summed E-state index contributed by atoms with van der Waals surface area (Å²) in [4.78, 5) is 49.2. The van der Waals surface area contributed by atoms with E-state index < -0.39 is 23.4 Å². The number of benzene rings is 1. The zero-order valence-corrected chi connectivity index (χ0v) is 16.1. The third-order valence-corrected chi connectivity index (χ3v) is 4.40. The Bertz CT molecular complexity index is 758. The normalized spacial score (nSPS) is 15.3. The van der Waals surface area contributed by atoms with Crippen LogP contribution >= 0.6 is 0 Å². The first kappa shape index (κ1) is 21.2. The van der Waals surface area contributed by atoms with Crippen molar-refractivity contribution in [2.24, 2.45) is 5.73 Å². The van der Waals surface area contributed by atoms with Crippen molar-refractivity contribution in [3.8, 4) is 5.75 Å². The summed E-state index contributed by atoms with van der Waals surface area (Å²) in [5.41, 5.74) is 4.51. The zero-order valence-electron chi connectivity index (χ0n) is 16.1. The minimum Gasteiger partial charge on any atom is -0.484 e. The van der Waals surface area contributed by atoms with Gasteiger partial charge in [-0.05, 0) is 25.0 Å². The van der Waals surface area contributed by atoms with Crippen LogP contribution in [0.15, 0.2) is 24.3 Å². The highest BCUT2D eigenvalue weighted by Crippen LogP contribution is 2.28. The smallest absolute Gasteiger partial charge is 0.325 e. The van der Waals surface area contributed by atoms with Gasteiger partial charge in [0, 0.05) is 11.8 Å². The Kier molecular flexibility index (Phi) is 6.97. The molecule has 0 spiro atoms. The average molecular weight is 390 g/mol. The third-order valence-electron chi connectivity index (χ3n) is 4.40. The first-order valence-electron chi connectivity index (χ1n) is 9.26. The Labute approximate surface area is 163 Å². The second-order valence-corrected chi connectivity index (χ2v) is 6.73. The molecule has 0 aromatic heterocycles. The number of ether oxygens (including phenoxy) is 1. The Morgan fingerprint density at radius 1 is 1.21 bits per heavy atom. The molecule has 0 atom stereocenters. The average Bonchev–Trinajstić information content (AvgIpc) is 2.85. The number of hydrogen-bond donors (Lipinski definition) is 3. The molecule has 28 heavy (non-hydrogen) atoms. The lowest BCUT2D eigenvalue weighted by molar-refractivity contribution is -0.134. The largest absolute Gasteiger partial charge is 0.484 e. The molecule has 1 aromatic rings. The molecule has 9 nitrogen and oxygen atoms in total. The van der Waals surface area contributed by atoms with E-state index in [1.165, 1.54) is 6.07 Å². The van der Waals surface area contributed by atoms with Crippen LogP contribution in [-0.2, 0) is 14.4 Å². The molecular weight excluding hydrogens is 364 g/mol. The molecule has 1 heterocycles. The van der Waals surface area contributed by atoms with Crippen LogP contribution in [0.2, 0.25) is 0 Å². The topological polar surface area (TPSA) is 131 Å². The highest BCUT2D eigenvalue weighted by Gasteiger charge is 2.50. The number of anilines is 1. The standard InChI is InChI=1S/C19H26N4O5/c1-3-8-19(9-4-2)17(26)23(18(27)22-19)11-16(25)21-13-6-5-7-14(10-13)28-12-15(20)24/h5-7,10H,3-4,8-9,11-12H2,1-2H3,(H2,20,24)(H,21,25)(H,22,27). The minimum atomic E-state index is -0.927. The van der Waals surface area contributed by atoms with E-state index in [1.807, 2.05) is 13.8 Å². The van der Waals surface area contributed by atoms with Crippen molar-refractivity contribution in [1.82, 2.24) is 10.2 Å². The van der Waals surface area contributed by atoms with E-state index >= 15 is 0 Å². The number of hydrogen-bond acceptors (Lipinski definition) is 5. The fourth-order valence-corrected chi connectivity index (χ4v) is 3.30. The van der Waals surface area contributed by atoms with Crippen molar-refractivity contribution in [3.63, 3.8) is 0 Å². The molecule has 1 aromatic carbocycles. The summed E-state index contributed by atoms with van der Waals surface area (Å²) >= 11 is 0. The van der Waals surface area contributed by atoms with E-state index in [0.29, 0.717) is 24.3 Å². The number of carbonyl (C=O) groups excluding carboxylic acids is 4. The lowest BCUT2D eigenvalue weighted by atomic mass is 9.88. The minimum absolute atomic E-state index is 0.281. The van der Waals surface area contributed by atoms with Crippen molar-refractivity contribution < 1.29 is 23.9 Å². The van der Waals surface area contributed by atoms with Gasteiger partial charge in [-0.1, -0.05) is 32.8 Å². The molecule has 1 aliphatic heterocycles. The van der Waals surface area contributed by atoms with Crippen LogP contribution in [-0.4, -0.2) is 47.3 Å². The highest BCUT2D eigenvalue weighted by molar-refractivity contribution is 6.10. The molecule has 1 saturated heterocycles. The monoisotopic (exact) mass is 390 g/mol. The molecule has 152 valence electrons. The number of primary amides is 1. The van der Waals surface area contributed by atoms with Gasteiger partial charge in [-0.2, -0.15) is 0 Å². The lowest BCUT2D eigenvalue weighted by Gasteiger charge is -2.25. The molecule has 0 bridgehead atoms. The van der Waals surface area contributed by atoms with E-state index in [-0.39, 0.29) is 19.1 Å². The van der Waals surface area contributed by atoms with Crippen molar-refractivity contribution in [2.75, 3.05) is 18.5 Å². The number of nitrogens with zero attached hydrogens (tertiary/aromatic N) is 1. The molecule has 0 aliphatic carbocycles. The predicted octanol–water partition coefficient (Wildman–Crippen LogP) is 1.38. The Balaban J connectivity index is 2.03. The molecule has 0 unspecified atom stereocenters. The van der Waals surface area contributed by atoms with Crippen LogP contribution in [0.25, 0.3) is 0 Å². The maximum atomic E-state index is 12.8. The fourth-order valence-electron chi connectivity index (χ4n) is 3.30. The fraction of sp³-hybridized carbons (Fsp3) is 0.474. The molecule has 0 radical (unpaired) electrons. The molecular formula is C19H26N4O5. The number of urea groups is 1. The van der Waals surface area contributed by atoms with Gasteiger partial charge in [-0.25, -0.2) is 4.79 Å². The summed E-state index contributed by atoms with van der Waals surface area (Å²) in [6.07, 6.45) is 2.54. The summed E-state index contributed by atoms with van der Waals surface area (Å²) in [7, 11) is 0. The second kappa shape index (κ2) is 9.20. The summed E-state index contributed by atoms with van der Waals surface area (Å²) in [6.45, 7) is 3.22. The summed E-state index contributed by atoms with van der Waals surface area (Å²) in [5, 5.41) is 5.39. The molecule has 5 amide bonds. The number of nitrogens with two attached hydrogens (primary N) is 1. The molecule has 9 heteroatoms. The van der Waals surface area contributed by atoms with E-state index in [4.69, 9.17) is 10.5 Å². The third kappa shape index (κ3) is 4.99. The number of amides is 5. The summed E-state index contributed by atoms with van der Waals surface area (Å²) in [6, 6.07) is 5.83. The van der Waals surface area contributed by atoms with Gasteiger partial charge in [0.1, 0.15) is 17.8 Å². The van der Waals surface area contributed by atoms with E-state index in [9.17, 15) is 19.2 Å². The highest BCUT2D eigenvalue weighted by atomic mass is 16.5. The van der Waals surface area contributed by atoms with Gasteiger partial charge in [0.15, 0.2) is 6.61 Å². The number of carbonyl (C=O) groups is 4. The summed E-state index contributed by atoms with van der Waals surface area (Å²) < 4.78 is 5.18. The van der Waals surface area contributed by atoms with Crippen molar-refractivity contribution in [3.05, 3.63) is 24.3 Å². The van der Waals surface area contributed by atoms with Crippen molar-refractivity contribution in [2.45, 2.75) is 45.1 Å². The molecule has 2 rings (SSSR count). The van der Waals surface area contributed by atoms with Gasteiger partial charge < -0.3 is 21.1 Å². The van der Waals surface area contributed by atoms with Gasteiger partial charge >= 0.3 is 6.03 Å². The second-order valence-electron chi connectivity index (χ2n) is 6.73. The first-order valence-corrected chi connectivity index (χ1v) is 9.26. The van der Waals surface area contributed by atoms with Gasteiger partial charge in [0.05, 0.1) is 0 Å². The summed E-state index contributed by atoms with van der Waals surface area (Å²) in [5.74, 6) is -1.14. The Morgan fingerprint density at radius 3 is 2.50 bits per heavy atom. The number of rotatable bonds is 10. The van der Waals surface area contributed by atoms with Crippen LogP contribution in [0.4, 0.5) is 10.5 Å². The van der Waals surface area contributed by atoms with Crippen LogP contribution in [0.1, 0.15) is 39.5 Å². The van der Waals surface area contributed by atoms with E-state index in [0.717, 1.165) is 17.7 Å². The van der Waals surface area contributed by atoms with Crippen molar-refractivity contribution in [1.29, 1.82) is 0 Å². The Morgan fingerprint density at radius 2 is 1.89 bits per heavy atom. The predicted molar refractivity (Wildman–Crippen MR) is 103 cm³/mol. The maximum Gasteiger partial charge on any atom is 0.325 e. The SMILES string of the molecule is CCCC1(CCC)NC(=O)N(CC(=O)Nc2cccc(OCC(N)=O)c2)C1=O. The molecule has 1 fully saturated rings.